The molecule has 0 aliphatic rings. The fourth-order valence-electron chi connectivity index (χ4n) is 2.00. The molecule has 0 saturated heterocycles. The summed E-state index contributed by atoms with van der Waals surface area (Å²) in [6.45, 7) is 5.87. The predicted octanol–water partition coefficient (Wildman–Crippen LogP) is 3.10. The van der Waals surface area contributed by atoms with Gasteiger partial charge >= 0.3 is 0 Å². The molecule has 1 aromatic heterocycles. The maximum Gasteiger partial charge on any atom is 0.239 e. The van der Waals surface area contributed by atoms with E-state index in [0.717, 1.165) is 11.1 Å². The predicted molar refractivity (Wildman–Crippen MR) is 83.8 cm³/mol. The largest absolute Gasteiger partial charge is 0.369 e. The molecule has 0 spiro atoms. The van der Waals surface area contributed by atoms with Crippen LogP contribution in [0.5, 0.6) is 0 Å². The van der Waals surface area contributed by atoms with Crippen molar-refractivity contribution < 1.29 is 9.32 Å². The molecule has 1 heterocycles. The van der Waals surface area contributed by atoms with E-state index in [1.54, 1.807) is 0 Å². The van der Waals surface area contributed by atoms with Crippen LogP contribution >= 0.6 is 11.8 Å². The first kappa shape index (κ1) is 15.6. The van der Waals surface area contributed by atoms with E-state index in [4.69, 9.17) is 10.3 Å². The molecule has 0 saturated carbocycles. The third kappa shape index (κ3) is 3.64. The van der Waals surface area contributed by atoms with Gasteiger partial charge in [0.05, 0.1) is 10.5 Å². The molecule has 2 rings (SSSR count). The molecule has 0 bridgehead atoms. The van der Waals surface area contributed by atoms with Crippen molar-refractivity contribution in [2.24, 2.45) is 5.73 Å². The van der Waals surface area contributed by atoms with Crippen molar-refractivity contribution in [3.05, 3.63) is 35.7 Å². The van der Waals surface area contributed by atoms with Gasteiger partial charge in [-0.2, -0.15) is 4.98 Å². The van der Waals surface area contributed by atoms with Crippen LogP contribution in [0, 0.1) is 6.92 Å². The number of rotatable bonds is 6. The van der Waals surface area contributed by atoms with Gasteiger partial charge in [0.2, 0.25) is 17.6 Å². The second-order valence-corrected chi connectivity index (χ2v) is 6.40. The first-order chi connectivity index (χ1) is 10.0. The van der Waals surface area contributed by atoms with Crippen LogP contribution in [0.2, 0.25) is 0 Å². The Kier molecular flexibility index (Phi) is 5.01. The van der Waals surface area contributed by atoms with Crippen LogP contribution in [0.25, 0.3) is 11.4 Å². The monoisotopic (exact) mass is 305 g/mol. The zero-order valence-corrected chi connectivity index (χ0v) is 13.2. The lowest BCUT2D eigenvalue weighted by atomic mass is 10.1. The summed E-state index contributed by atoms with van der Waals surface area (Å²) in [7, 11) is 0. The van der Waals surface area contributed by atoms with Crippen LogP contribution in [0.3, 0.4) is 0 Å². The number of hydrogen-bond donors (Lipinski definition) is 1. The Morgan fingerprint density at radius 3 is 2.76 bits per heavy atom. The van der Waals surface area contributed by atoms with Crippen LogP contribution in [0.4, 0.5) is 0 Å². The number of benzene rings is 1. The second-order valence-electron chi connectivity index (χ2n) is 4.85. The van der Waals surface area contributed by atoms with E-state index in [-0.39, 0.29) is 16.4 Å². The molecular weight excluding hydrogens is 286 g/mol. The molecule has 21 heavy (non-hydrogen) atoms. The zero-order chi connectivity index (χ0) is 15.4. The fourth-order valence-corrected chi connectivity index (χ4v) is 3.03. The maximum atomic E-state index is 11.3. The minimum Gasteiger partial charge on any atom is -0.369 e. The van der Waals surface area contributed by atoms with Gasteiger partial charge in [0.1, 0.15) is 0 Å². The fraction of sp³-hybridized carbons (Fsp3) is 0.400. The highest BCUT2D eigenvalue weighted by molar-refractivity contribution is 8.00. The van der Waals surface area contributed by atoms with E-state index in [0.29, 0.717) is 18.1 Å². The summed E-state index contributed by atoms with van der Waals surface area (Å²) in [6, 6.07) is 7.87. The maximum absolute atomic E-state index is 11.3. The Hall–Kier alpha value is -1.82. The molecule has 1 aromatic carbocycles. The molecule has 0 fully saturated rings. The first-order valence-electron chi connectivity index (χ1n) is 6.87. The van der Waals surface area contributed by atoms with Crippen LogP contribution in [0.1, 0.15) is 37.0 Å². The molecule has 6 heteroatoms. The van der Waals surface area contributed by atoms with Crippen molar-refractivity contribution >= 4 is 17.7 Å². The normalized spacial score (nSPS) is 13.9. The molecule has 0 aliphatic carbocycles. The number of aryl methyl sites for hydroxylation is 1. The van der Waals surface area contributed by atoms with Crippen molar-refractivity contribution in [3.63, 3.8) is 0 Å². The van der Waals surface area contributed by atoms with Gasteiger partial charge in [0, 0.05) is 5.56 Å². The van der Waals surface area contributed by atoms with Crippen LogP contribution in [-0.2, 0) is 4.79 Å². The number of aromatic nitrogens is 2. The summed E-state index contributed by atoms with van der Waals surface area (Å²) in [4.78, 5) is 15.7. The summed E-state index contributed by atoms with van der Waals surface area (Å²) >= 11 is 1.45. The Balaban J connectivity index is 2.16. The highest BCUT2D eigenvalue weighted by atomic mass is 32.2. The quantitative estimate of drug-likeness (QED) is 0.886. The van der Waals surface area contributed by atoms with E-state index < -0.39 is 0 Å². The van der Waals surface area contributed by atoms with Crippen molar-refractivity contribution in [3.8, 4) is 11.4 Å². The summed E-state index contributed by atoms with van der Waals surface area (Å²) < 4.78 is 5.33. The van der Waals surface area contributed by atoms with Gasteiger partial charge in [0.15, 0.2) is 0 Å². The Morgan fingerprint density at radius 2 is 2.14 bits per heavy atom. The van der Waals surface area contributed by atoms with Gasteiger partial charge in [0.25, 0.3) is 0 Å². The second kappa shape index (κ2) is 6.76. The number of primary amides is 1. The number of hydrogen-bond acceptors (Lipinski definition) is 5. The lowest BCUT2D eigenvalue weighted by molar-refractivity contribution is -0.117. The highest BCUT2D eigenvalue weighted by Crippen LogP contribution is 2.33. The van der Waals surface area contributed by atoms with E-state index in [2.05, 4.69) is 10.1 Å². The smallest absolute Gasteiger partial charge is 0.239 e. The zero-order valence-electron chi connectivity index (χ0n) is 12.4. The Labute approximate surface area is 128 Å². The minimum atomic E-state index is -0.312. The molecule has 1 amide bonds. The first-order valence-corrected chi connectivity index (χ1v) is 7.81. The molecule has 0 radical (unpaired) electrons. The number of amides is 1. The van der Waals surface area contributed by atoms with Crippen molar-refractivity contribution in [2.75, 3.05) is 0 Å². The topological polar surface area (TPSA) is 82.0 Å². The molecular formula is C15H19N3O2S. The number of carbonyl (C=O) groups excluding carboxylic acids is 1. The third-order valence-electron chi connectivity index (χ3n) is 3.23. The van der Waals surface area contributed by atoms with Crippen LogP contribution in [0.15, 0.2) is 28.8 Å². The molecule has 2 atom stereocenters. The van der Waals surface area contributed by atoms with Crippen molar-refractivity contribution in [1.82, 2.24) is 10.1 Å². The average molecular weight is 305 g/mol. The number of carbonyl (C=O) groups is 1. The van der Waals surface area contributed by atoms with Crippen LogP contribution in [-0.4, -0.2) is 21.3 Å². The van der Waals surface area contributed by atoms with Gasteiger partial charge in [-0.05, 0) is 25.8 Å². The van der Waals surface area contributed by atoms with E-state index in [1.165, 1.54) is 11.8 Å². The molecule has 112 valence electrons. The van der Waals surface area contributed by atoms with Crippen molar-refractivity contribution in [1.29, 1.82) is 0 Å². The molecule has 2 aromatic rings. The molecule has 5 nitrogen and oxygen atoms in total. The Bertz CT molecular complexity index is 627. The van der Waals surface area contributed by atoms with Gasteiger partial charge in [-0.1, -0.05) is 36.3 Å². The summed E-state index contributed by atoms with van der Waals surface area (Å²) in [6.07, 6.45) is 0.684. The van der Waals surface area contributed by atoms with Gasteiger partial charge in [-0.25, -0.2) is 0 Å². The van der Waals surface area contributed by atoms with Gasteiger partial charge < -0.3 is 10.3 Å². The minimum absolute atomic E-state index is 0.0762. The summed E-state index contributed by atoms with van der Waals surface area (Å²) in [5.74, 6) is 0.772. The lowest BCUT2D eigenvalue weighted by Crippen LogP contribution is -2.25. The SMILES string of the molecule is CC[C@H](S[C@H](C)c1nc(-c2ccccc2C)no1)C(N)=O. The van der Waals surface area contributed by atoms with Crippen LogP contribution < -0.4 is 5.73 Å². The van der Waals surface area contributed by atoms with E-state index >= 15 is 0 Å². The van der Waals surface area contributed by atoms with Crippen molar-refractivity contribution in [2.45, 2.75) is 37.7 Å². The number of thioether (sulfide) groups is 1. The molecule has 0 aliphatic heterocycles. The molecule has 2 N–H and O–H groups in total. The highest BCUT2D eigenvalue weighted by Gasteiger charge is 2.22. The number of nitrogens with two attached hydrogens (primary N) is 1. The van der Waals surface area contributed by atoms with E-state index in [1.807, 2.05) is 45.0 Å². The summed E-state index contributed by atoms with van der Waals surface area (Å²) in [5, 5.41) is 3.71. The van der Waals surface area contributed by atoms with E-state index in [9.17, 15) is 4.79 Å². The lowest BCUT2D eigenvalue weighted by Gasteiger charge is -2.13. The van der Waals surface area contributed by atoms with Gasteiger partial charge in [-0.3, -0.25) is 4.79 Å². The molecule has 0 unspecified atom stereocenters. The van der Waals surface area contributed by atoms with Gasteiger partial charge in [-0.15, -0.1) is 11.8 Å². The summed E-state index contributed by atoms with van der Waals surface area (Å²) in [5.41, 5.74) is 7.41. The standard InChI is InChI=1S/C15H19N3O2S/c1-4-12(13(16)19)21-10(3)15-17-14(18-20-15)11-8-6-5-7-9(11)2/h5-8,10,12H,4H2,1-3H3,(H2,16,19)/t10-,12+/m1/s1. The number of nitrogens with zero attached hydrogens (tertiary/aromatic N) is 2. The Morgan fingerprint density at radius 1 is 1.43 bits per heavy atom. The third-order valence-corrected chi connectivity index (χ3v) is 4.74. The average Bonchev–Trinajstić information content (AvgIpc) is 2.94.